The standard InChI is InChI=1S/C15H30N4O2/c1-12(2)5-7-16-15(18-10-14(20)19(3)4)17-9-13-6-8-21-11-13/h12-13H,5-11H2,1-4H3,(H2,16,17,18). The SMILES string of the molecule is CC(C)CCNC(=NCC(=O)N(C)C)NCC1CCOC1. The fourth-order valence-electron chi connectivity index (χ4n) is 1.93. The van der Waals surface area contributed by atoms with Crippen LogP contribution in [0, 0.1) is 11.8 Å². The van der Waals surface area contributed by atoms with Crippen LogP contribution in [-0.2, 0) is 9.53 Å². The molecule has 1 amide bonds. The summed E-state index contributed by atoms with van der Waals surface area (Å²) in [6.07, 6.45) is 2.16. The van der Waals surface area contributed by atoms with Gasteiger partial charge in [0.25, 0.3) is 0 Å². The predicted octanol–water partition coefficient (Wildman–Crippen LogP) is 0.692. The third-order valence-corrected chi connectivity index (χ3v) is 3.47. The molecular formula is C15H30N4O2. The molecule has 122 valence electrons. The molecular weight excluding hydrogens is 268 g/mol. The van der Waals surface area contributed by atoms with E-state index in [2.05, 4.69) is 29.5 Å². The van der Waals surface area contributed by atoms with Gasteiger partial charge in [-0.2, -0.15) is 0 Å². The highest BCUT2D eigenvalue weighted by atomic mass is 16.5. The number of nitrogens with one attached hydrogen (secondary N) is 2. The second-order valence-corrected chi connectivity index (χ2v) is 6.17. The maximum atomic E-state index is 11.6. The molecule has 0 radical (unpaired) electrons. The summed E-state index contributed by atoms with van der Waals surface area (Å²) in [6, 6.07) is 0. The molecule has 1 unspecified atom stereocenters. The van der Waals surface area contributed by atoms with Crippen LogP contribution in [0.5, 0.6) is 0 Å². The van der Waals surface area contributed by atoms with E-state index < -0.39 is 0 Å². The molecule has 6 nitrogen and oxygen atoms in total. The Kier molecular flexibility index (Phi) is 8.12. The summed E-state index contributed by atoms with van der Waals surface area (Å²) in [7, 11) is 3.49. The summed E-state index contributed by atoms with van der Waals surface area (Å²) in [4.78, 5) is 17.6. The number of aliphatic imine (C=N–C) groups is 1. The third-order valence-electron chi connectivity index (χ3n) is 3.47. The number of likely N-dealkylation sites (N-methyl/N-ethyl adjacent to an activating group) is 1. The van der Waals surface area contributed by atoms with Crippen LogP contribution in [0.15, 0.2) is 4.99 Å². The zero-order chi connectivity index (χ0) is 15.7. The molecule has 0 aromatic heterocycles. The van der Waals surface area contributed by atoms with Crippen LogP contribution in [0.25, 0.3) is 0 Å². The van der Waals surface area contributed by atoms with Gasteiger partial charge >= 0.3 is 0 Å². The van der Waals surface area contributed by atoms with Gasteiger partial charge in [0.15, 0.2) is 5.96 Å². The summed E-state index contributed by atoms with van der Waals surface area (Å²) < 4.78 is 5.37. The maximum Gasteiger partial charge on any atom is 0.243 e. The van der Waals surface area contributed by atoms with Crippen molar-refractivity contribution in [2.75, 3.05) is 46.9 Å². The van der Waals surface area contributed by atoms with Crippen molar-refractivity contribution in [2.24, 2.45) is 16.8 Å². The van der Waals surface area contributed by atoms with E-state index in [1.807, 2.05) is 0 Å². The van der Waals surface area contributed by atoms with Crippen LogP contribution in [-0.4, -0.2) is 63.7 Å². The first kappa shape index (κ1) is 17.8. The average Bonchev–Trinajstić information content (AvgIpc) is 2.93. The summed E-state index contributed by atoms with van der Waals surface area (Å²) in [5.41, 5.74) is 0. The van der Waals surface area contributed by atoms with Gasteiger partial charge in [-0.15, -0.1) is 0 Å². The second kappa shape index (κ2) is 9.60. The number of hydrogen-bond donors (Lipinski definition) is 2. The van der Waals surface area contributed by atoms with E-state index in [4.69, 9.17) is 4.74 Å². The number of nitrogens with zero attached hydrogens (tertiary/aromatic N) is 2. The van der Waals surface area contributed by atoms with Crippen molar-refractivity contribution in [3.63, 3.8) is 0 Å². The molecule has 0 aliphatic carbocycles. The summed E-state index contributed by atoms with van der Waals surface area (Å²) in [5, 5.41) is 6.61. The van der Waals surface area contributed by atoms with Gasteiger partial charge in [-0.3, -0.25) is 4.79 Å². The normalized spacial score (nSPS) is 18.9. The molecule has 1 rings (SSSR count). The molecule has 0 aromatic rings. The third kappa shape index (κ3) is 7.90. The molecule has 0 aromatic carbocycles. The van der Waals surface area contributed by atoms with Crippen molar-refractivity contribution in [3.05, 3.63) is 0 Å². The number of hydrogen-bond acceptors (Lipinski definition) is 3. The molecule has 0 spiro atoms. The van der Waals surface area contributed by atoms with Gasteiger partial charge in [0.05, 0.1) is 6.61 Å². The molecule has 1 saturated heterocycles. The van der Waals surface area contributed by atoms with Crippen LogP contribution in [0.2, 0.25) is 0 Å². The number of carbonyl (C=O) groups is 1. The van der Waals surface area contributed by atoms with Crippen molar-refractivity contribution in [1.82, 2.24) is 15.5 Å². The highest BCUT2D eigenvalue weighted by Crippen LogP contribution is 2.10. The van der Waals surface area contributed by atoms with Crippen molar-refractivity contribution in [2.45, 2.75) is 26.7 Å². The monoisotopic (exact) mass is 298 g/mol. The van der Waals surface area contributed by atoms with Crippen molar-refractivity contribution in [1.29, 1.82) is 0 Å². The molecule has 1 aliphatic rings. The number of rotatable bonds is 7. The van der Waals surface area contributed by atoms with Crippen LogP contribution in [0.4, 0.5) is 0 Å². The Bertz CT molecular complexity index is 337. The van der Waals surface area contributed by atoms with Crippen molar-refractivity contribution >= 4 is 11.9 Å². The van der Waals surface area contributed by atoms with Gasteiger partial charge in [-0.05, 0) is 18.8 Å². The lowest BCUT2D eigenvalue weighted by atomic mass is 10.1. The molecule has 21 heavy (non-hydrogen) atoms. The van der Waals surface area contributed by atoms with Gasteiger partial charge in [0.2, 0.25) is 5.91 Å². The minimum absolute atomic E-state index is 0.00385. The zero-order valence-corrected chi connectivity index (χ0v) is 13.8. The summed E-state index contributed by atoms with van der Waals surface area (Å²) >= 11 is 0. The fourth-order valence-corrected chi connectivity index (χ4v) is 1.93. The molecule has 6 heteroatoms. The number of carbonyl (C=O) groups excluding carboxylic acids is 1. The van der Waals surface area contributed by atoms with E-state index >= 15 is 0 Å². The highest BCUT2D eigenvalue weighted by Gasteiger charge is 2.15. The second-order valence-electron chi connectivity index (χ2n) is 6.17. The van der Waals surface area contributed by atoms with E-state index in [0.717, 1.165) is 45.1 Å². The molecule has 0 bridgehead atoms. The van der Waals surface area contributed by atoms with Crippen molar-refractivity contribution < 1.29 is 9.53 Å². The molecule has 1 fully saturated rings. The van der Waals surface area contributed by atoms with Crippen LogP contribution in [0.3, 0.4) is 0 Å². The fraction of sp³-hybridized carbons (Fsp3) is 0.867. The van der Waals surface area contributed by atoms with Crippen LogP contribution >= 0.6 is 0 Å². The van der Waals surface area contributed by atoms with Crippen molar-refractivity contribution in [3.8, 4) is 0 Å². The Hall–Kier alpha value is -1.30. The Morgan fingerprint density at radius 1 is 1.38 bits per heavy atom. The minimum atomic E-state index is 0.00385. The summed E-state index contributed by atoms with van der Waals surface area (Å²) in [6.45, 7) is 7.91. The van der Waals surface area contributed by atoms with E-state index in [9.17, 15) is 4.79 Å². The van der Waals surface area contributed by atoms with Gasteiger partial charge in [-0.25, -0.2) is 4.99 Å². The number of guanidine groups is 1. The number of amides is 1. The topological polar surface area (TPSA) is 66.0 Å². The Morgan fingerprint density at radius 3 is 2.71 bits per heavy atom. The first-order valence-electron chi connectivity index (χ1n) is 7.79. The zero-order valence-electron chi connectivity index (χ0n) is 13.8. The largest absolute Gasteiger partial charge is 0.381 e. The first-order chi connectivity index (χ1) is 9.99. The van der Waals surface area contributed by atoms with E-state index in [1.54, 1.807) is 19.0 Å². The number of ether oxygens (including phenoxy) is 1. The van der Waals surface area contributed by atoms with E-state index in [1.165, 1.54) is 0 Å². The quantitative estimate of drug-likeness (QED) is 0.536. The lowest BCUT2D eigenvalue weighted by Crippen LogP contribution is -2.41. The predicted molar refractivity (Wildman–Crippen MR) is 85.4 cm³/mol. The van der Waals surface area contributed by atoms with Gasteiger partial charge in [0.1, 0.15) is 6.54 Å². The Labute approximate surface area is 128 Å². The highest BCUT2D eigenvalue weighted by molar-refractivity contribution is 5.84. The lowest BCUT2D eigenvalue weighted by molar-refractivity contribution is -0.127. The smallest absolute Gasteiger partial charge is 0.243 e. The van der Waals surface area contributed by atoms with Crippen LogP contribution < -0.4 is 10.6 Å². The van der Waals surface area contributed by atoms with E-state index in [0.29, 0.717) is 11.8 Å². The van der Waals surface area contributed by atoms with E-state index in [-0.39, 0.29) is 12.5 Å². The molecule has 1 heterocycles. The van der Waals surface area contributed by atoms with Gasteiger partial charge < -0.3 is 20.3 Å². The molecule has 2 N–H and O–H groups in total. The average molecular weight is 298 g/mol. The molecule has 1 atom stereocenters. The van der Waals surface area contributed by atoms with Gasteiger partial charge in [-0.1, -0.05) is 13.8 Å². The lowest BCUT2D eigenvalue weighted by Gasteiger charge is -2.16. The Balaban J connectivity index is 2.42. The van der Waals surface area contributed by atoms with Gasteiger partial charge in [0, 0.05) is 39.7 Å². The summed E-state index contributed by atoms with van der Waals surface area (Å²) in [5.74, 6) is 1.90. The maximum absolute atomic E-state index is 11.6. The van der Waals surface area contributed by atoms with Crippen LogP contribution in [0.1, 0.15) is 26.7 Å². The molecule has 1 aliphatic heterocycles. The molecule has 0 saturated carbocycles. The Morgan fingerprint density at radius 2 is 2.14 bits per heavy atom. The minimum Gasteiger partial charge on any atom is -0.381 e. The first-order valence-corrected chi connectivity index (χ1v) is 7.79.